The second kappa shape index (κ2) is 5.29. The predicted molar refractivity (Wildman–Crippen MR) is 77.3 cm³/mol. The van der Waals surface area contributed by atoms with Crippen LogP contribution in [0.2, 0.25) is 0 Å². The van der Waals surface area contributed by atoms with Crippen molar-refractivity contribution >= 4 is 16.7 Å². The van der Waals surface area contributed by atoms with Gasteiger partial charge < -0.3 is 4.57 Å². The maximum Gasteiger partial charge on any atom is 0.164 e. The summed E-state index contributed by atoms with van der Waals surface area (Å²) in [6.07, 6.45) is 2.33. The zero-order chi connectivity index (χ0) is 13.9. The van der Waals surface area contributed by atoms with Crippen molar-refractivity contribution in [3.05, 3.63) is 72.2 Å². The molecule has 1 heterocycles. The number of Topliss-reactive ketones (excluding diaryl/α,β-unsaturated/α-hetero) is 1. The number of hydrogen-bond acceptors (Lipinski definition) is 1. The molecular formula is C17H14FNO. The second-order valence-corrected chi connectivity index (χ2v) is 4.75. The van der Waals surface area contributed by atoms with Gasteiger partial charge in [0.15, 0.2) is 5.78 Å². The van der Waals surface area contributed by atoms with Gasteiger partial charge in [-0.15, -0.1) is 0 Å². The summed E-state index contributed by atoms with van der Waals surface area (Å²) >= 11 is 0. The summed E-state index contributed by atoms with van der Waals surface area (Å²) in [5.74, 6) is -0.120. The number of fused-ring (bicyclic) bond motifs is 1. The van der Waals surface area contributed by atoms with E-state index in [-0.39, 0.29) is 11.6 Å². The van der Waals surface area contributed by atoms with Crippen molar-refractivity contribution in [3.63, 3.8) is 0 Å². The fraction of sp³-hybridized carbons (Fsp3) is 0.118. The molecule has 100 valence electrons. The zero-order valence-corrected chi connectivity index (χ0v) is 10.9. The van der Waals surface area contributed by atoms with E-state index in [4.69, 9.17) is 0 Å². The van der Waals surface area contributed by atoms with Gasteiger partial charge in [-0.25, -0.2) is 4.39 Å². The standard InChI is InChI=1S/C17H14FNO/c18-15-6-7-16-14(12-15)8-10-19(16)11-9-17(20)13-4-2-1-3-5-13/h1-8,10,12H,9,11H2. The Labute approximate surface area is 116 Å². The summed E-state index contributed by atoms with van der Waals surface area (Å²) in [5, 5.41) is 0.858. The van der Waals surface area contributed by atoms with E-state index in [0.717, 1.165) is 16.5 Å². The smallest absolute Gasteiger partial charge is 0.164 e. The van der Waals surface area contributed by atoms with Crippen LogP contribution in [0.3, 0.4) is 0 Å². The number of carbonyl (C=O) groups excluding carboxylic acids is 1. The molecule has 0 spiro atoms. The Morgan fingerprint density at radius 2 is 1.85 bits per heavy atom. The van der Waals surface area contributed by atoms with Crippen LogP contribution in [0, 0.1) is 5.82 Å². The zero-order valence-electron chi connectivity index (χ0n) is 10.9. The highest BCUT2D eigenvalue weighted by Gasteiger charge is 2.07. The van der Waals surface area contributed by atoms with Gasteiger partial charge in [0.1, 0.15) is 5.82 Å². The molecule has 1 aromatic heterocycles. The molecule has 0 aliphatic heterocycles. The van der Waals surface area contributed by atoms with Crippen LogP contribution in [0.25, 0.3) is 10.9 Å². The number of aromatic nitrogens is 1. The Bertz CT molecular complexity index is 746. The van der Waals surface area contributed by atoms with Crippen molar-refractivity contribution in [1.82, 2.24) is 4.57 Å². The second-order valence-electron chi connectivity index (χ2n) is 4.75. The molecule has 0 radical (unpaired) electrons. The van der Waals surface area contributed by atoms with Gasteiger partial charge in [0, 0.05) is 35.6 Å². The topological polar surface area (TPSA) is 22.0 Å². The predicted octanol–water partition coefficient (Wildman–Crippen LogP) is 4.05. The number of nitrogens with zero attached hydrogens (tertiary/aromatic N) is 1. The maximum atomic E-state index is 13.1. The molecule has 3 aromatic rings. The molecule has 0 fully saturated rings. The Kier molecular flexibility index (Phi) is 3.33. The summed E-state index contributed by atoms with van der Waals surface area (Å²) in [5.41, 5.74) is 1.68. The number of rotatable bonds is 4. The van der Waals surface area contributed by atoms with Crippen molar-refractivity contribution in [1.29, 1.82) is 0 Å². The largest absolute Gasteiger partial charge is 0.347 e. The molecule has 2 aromatic carbocycles. The van der Waals surface area contributed by atoms with Crippen LogP contribution in [0.5, 0.6) is 0 Å². The molecule has 0 saturated heterocycles. The highest BCUT2D eigenvalue weighted by molar-refractivity contribution is 5.96. The van der Waals surface area contributed by atoms with Crippen molar-refractivity contribution < 1.29 is 9.18 Å². The highest BCUT2D eigenvalue weighted by atomic mass is 19.1. The van der Waals surface area contributed by atoms with Crippen LogP contribution in [0.4, 0.5) is 4.39 Å². The average molecular weight is 267 g/mol. The first-order valence-corrected chi connectivity index (χ1v) is 6.57. The van der Waals surface area contributed by atoms with Gasteiger partial charge in [-0.2, -0.15) is 0 Å². The minimum Gasteiger partial charge on any atom is -0.347 e. The lowest BCUT2D eigenvalue weighted by atomic mass is 10.1. The van der Waals surface area contributed by atoms with E-state index in [0.29, 0.717) is 13.0 Å². The summed E-state index contributed by atoms with van der Waals surface area (Å²) in [6, 6.07) is 15.8. The van der Waals surface area contributed by atoms with Crippen molar-refractivity contribution in [2.75, 3.05) is 0 Å². The number of hydrogen-bond donors (Lipinski definition) is 0. The summed E-state index contributed by atoms with van der Waals surface area (Å²) < 4.78 is 15.1. The van der Waals surface area contributed by atoms with E-state index in [1.165, 1.54) is 12.1 Å². The number of ketones is 1. The Balaban J connectivity index is 1.76. The molecule has 0 aliphatic carbocycles. The van der Waals surface area contributed by atoms with E-state index in [1.807, 2.05) is 47.2 Å². The molecule has 20 heavy (non-hydrogen) atoms. The van der Waals surface area contributed by atoms with E-state index in [1.54, 1.807) is 6.07 Å². The van der Waals surface area contributed by atoms with Crippen LogP contribution in [-0.2, 0) is 6.54 Å². The van der Waals surface area contributed by atoms with Gasteiger partial charge in [-0.1, -0.05) is 30.3 Å². The van der Waals surface area contributed by atoms with Gasteiger partial charge in [0.2, 0.25) is 0 Å². The molecule has 0 atom stereocenters. The summed E-state index contributed by atoms with van der Waals surface area (Å²) in [6.45, 7) is 0.600. The molecule has 0 amide bonds. The maximum absolute atomic E-state index is 13.1. The van der Waals surface area contributed by atoms with E-state index >= 15 is 0 Å². The molecular weight excluding hydrogens is 253 g/mol. The molecule has 0 aliphatic rings. The lowest BCUT2D eigenvalue weighted by Crippen LogP contribution is -2.05. The number of benzene rings is 2. The third-order valence-electron chi connectivity index (χ3n) is 3.41. The van der Waals surface area contributed by atoms with Crippen LogP contribution in [-0.4, -0.2) is 10.4 Å². The Morgan fingerprint density at radius 3 is 2.65 bits per heavy atom. The molecule has 3 rings (SSSR count). The molecule has 2 nitrogen and oxygen atoms in total. The fourth-order valence-corrected chi connectivity index (χ4v) is 2.36. The lowest BCUT2D eigenvalue weighted by Gasteiger charge is -2.05. The van der Waals surface area contributed by atoms with Gasteiger partial charge in [0.05, 0.1) is 0 Å². The molecule has 0 N–H and O–H groups in total. The van der Waals surface area contributed by atoms with Crippen molar-refractivity contribution in [2.24, 2.45) is 0 Å². The average Bonchev–Trinajstić information content (AvgIpc) is 2.88. The number of aryl methyl sites for hydroxylation is 1. The third-order valence-corrected chi connectivity index (χ3v) is 3.41. The fourth-order valence-electron chi connectivity index (χ4n) is 2.36. The third kappa shape index (κ3) is 2.48. The Morgan fingerprint density at radius 1 is 1.05 bits per heavy atom. The first kappa shape index (κ1) is 12.6. The van der Waals surface area contributed by atoms with Gasteiger partial charge in [0.25, 0.3) is 0 Å². The monoisotopic (exact) mass is 267 g/mol. The first-order chi connectivity index (χ1) is 9.74. The highest BCUT2D eigenvalue weighted by Crippen LogP contribution is 2.17. The minimum atomic E-state index is -0.240. The first-order valence-electron chi connectivity index (χ1n) is 6.57. The minimum absolute atomic E-state index is 0.120. The SMILES string of the molecule is O=C(CCn1ccc2cc(F)ccc21)c1ccccc1. The van der Waals surface area contributed by atoms with Gasteiger partial charge >= 0.3 is 0 Å². The van der Waals surface area contributed by atoms with E-state index in [2.05, 4.69) is 0 Å². The van der Waals surface area contributed by atoms with Crippen LogP contribution in [0.1, 0.15) is 16.8 Å². The van der Waals surface area contributed by atoms with Crippen LogP contribution >= 0.6 is 0 Å². The number of halogens is 1. The van der Waals surface area contributed by atoms with Crippen molar-refractivity contribution in [3.8, 4) is 0 Å². The van der Waals surface area contributed by atoms with Crippen molar-refractivity contribution in [2.45, 2.75) is 13.0 Å². The molecule has 0 saturated carbocycles. The summed E-state index contributed by atoms with van der Waals surface area (Å²) in [7, 11) is 0. The van der Waals surface area contributed by atoms with E-state index < -0.39 is 0 Å². The quantitative estimate of drug-likeness (QED) is 0.653. The Hall–Kier alpha value is -2.42. The lowest BCUT2D eigenvalue weighted by molar-refractivity contribution is 0.0977. The van der Waals surface area contributed by atoms with Crippen LogP contribution < -0.4 is 0 Å². The van der Waals surface area contributed by atoms with Crippen LogP contribution in [0.15, 0.2) is 60.8 Å². The molecule has 0 unspecified atom stereocenters. The molecule has 3 heteroatoms. The normalized spacial score (nSPS) is 10.8. The summed E-state index contributed by atoms with van der Waals surface area (Å²) in [4.78, 5) is 12.1. The number of carbonyl (C=O) groups is 1. The van der Waals surface area contributed by atoms with Gasteiger partial charge in [-0.05, 0) is 24.3 Å². The van der Waals surface area contributed by atoms with Gasteiger partial charge in [-0.3, -0.25) is 4.79 Å². The van der Waals surface area contributed by atoms with E-state index in [9.17, 15) is 9.18 Å². The molecule has 0 bridgehead atoms.